The first-order valence-electron chi connectivity index (χ1n) is 19.7. The maximum atomic E-state index is 13.1. The quantitative estimate of drug-likeness (QED) is 0.173. The van der Waals surface area contributed by atoms with Crippen molar-refractivity contribution in [3.8, 4) is 17.1 Å². The number of anilines is 2. The summed E-state index contributed by atoms with van der Waals surface area (Å²) in [6, 6.07) is 27.6. The molecule has 0 saturated carbocycles. The van der Waals surface area contributed by atoms with Gasteiger partial charge in [-0.2, -0.15) is 4.57 Å². The van der Waals surface area contributed by atoms with Crippen molar-refractivity contribution in [2.75, 3.05) is 29.8 Å². The predicted molar refractivity (Wildman–Crippen MR) is 241 cm³/mol. The summed E-state index contributed by atoms with van der Waals surface area (Å²) in [7, 11) is -10.6. The zero-order valence-corrected chi connectivity index (χ0v) is 37.7. The van der Waals surface area contributed by atoms with Crippen molar-refractivity contribution in [2.24, 2.45) is 0 Å². The number of nitrogens with one attached hydrogen (secondary N) is 2. The van der Waals surface area contributed by atoms with Crippen LogP contribution in [0.15, 0.2) is 162 Å². The van der Waals surface area contributed by atoms with E-state index >= 15 is 0 Å². The normalized spacial score (nSPS) is 15.6. The number of fused-ring (bicyclic) bond motifs is 5. The van der Waals surface area contributed by atoms with Crippen molar-refractivity contribution in [1.82, 2.24) is 23.6 Å². The van der Waals surface area contributed by atoms with Gasteiger partial charge in [0.05, 0.1) is 21.8 Å². The van der Waals surface area contributed by atoms with E-state index in [4.69, 9.17) is 4.42 Å². The van der Waals surface area contributed by atoms with Crippen LogP contribution in [0.5, 0.6) is 0 Å². The molecule has 24 heteroatoms. The monoisotopic (exact) mass is 971 g/mol. The molecule has 4 N–H and O–H groups in total. The fraction of sp³-hybridized carbons (Fsp3) is 0.116. The number of esters is 1. The number of amides is 1. The molecule has 0 bridgehead atoms. The minimum atomic E-state index is -3.94. The molecule has 9 rings (SSSR count). The highest BCUT2D eigenvalue weighted by Crippen LogP contribution is 2.40. The van der Waals surface area contributed by atoms with Crippen LogP contribution >= 0.6 is 0 Å². The molecular weight excluding hydrogens is 935 g/mol. The number of aliphatic hydroxyl groups is 2. The Morgan fingerprint density at radius 1 is 0.687 bits per heavy atom. The van der Waals surface area contributed by atoms with Gasteiger partial charge in [0.15, 0.2) is 34.4 Å². The second-order valence-electron chi connectivity index (χ2n) is 13.9. The SMILES string of the molecule is CCN1C(C(=O)Nc2ccccn2)=C(O)c2ccccc2S1(=O)=O.CCN1c2c(oc(=O)n(-c3ccccn3)c2=O)-c2ccccc2S1(=O)=O.COC(=O)C1=C(O)c2ccccc2S(=O)(=O)N1. The summed E-state index contributed by atoms with van der Waals surface area (Å²) < 4.78 is 89.2. The van der Waals surface area contributed by atoms with Crippen molar-refractivity contribution in [3.05, 3.63) is 165 Å². The van der Waals surface area contributed by atoms with Gasteiger partial charge in [0.1, 0.15) is 11.6 Å². The topological polar surface area (TPSA) is 295 Å². The molecule has 0 saturated heterocycles. The van der Waals surface area contributed by atoms with Crippen molar-refractivity contribution >= 4 is 65.0 Å². The lowest BCUT2D eigenvalue weighted by Crippen LogP contribution is -2.43. The van der Waals surface area contributed by atoms with E-state index < -0.39 is 64.7 Å². The standard InChI is InChI=1S/C17H13N3O5S.C16H15N3O4S.C10H9NO5S/c1-2-19-14-15(11-7-3-4-8-12(11)26(19,23)24)25-17(22)20(16(14)21)13-9-5-6-10-18-13;1-2-19-14(16(21)18-13-9-5-6-10-17-13)15(20)11-7-3-4-8-12(11)24(19,22)23;1-16-10(13)8-9(12)6-4-2-3-5-7(6)17(14,15)11-8/h3-10H,2H2,1H3;3-10,20H,2H2,1H3,(H,17,18,21);2-5,11-12H,1H3. The molecule has 0 radical (unpaired) electrons. The van der Waals surface area contributed by atoms with Crippen LogP contribution in [0.25, 0.3) is 28.7 Å². The van der Waals surface area contributed by atoms with Gasteiger partial charge in [0.2, 0.25) is 0 Å². The molecule has 6 aromatic rings. The molecule has 0 fully saturated rings. The highest BCUT2D eigenvalue weighted by molar-refractivity contribution is 7.93. The fourth-order valence-electron chi connectivity index (χ4n) is 7.04. The first kappa shape index (κ1) is 46.9. The third-order valence-corrected chi connectivity index (χ3v) is 15.3. The van der Waals surface area contributed by atoms with Crippen LogP contribution in [0.3, 0.4) is 0 Å². The number of hydrogen-bond acceptors (Lipinski definition) is 16. The summed E-state index contributed by atoms with van der Waals surface area (Å²) in [6.07, 6.45) is 2.92. The van der Waals surface area contributed by atoms with Gasteiger partial charge in [-0.3, -0.25) is 22.9 Å². The average molecular weight is 972 g/mol. The molecule has 3 aromatic heterocycles. The number of ether oxygens (including phenoxy) is 1. The lowest BCUT2D eigenvalue weighted by atomic mass is 10.1. The summed E-state index contributed by atoms with van der Waals surface area (Å²) in [5, 5.41) is 22.8. The molecule has 21 nitrogen and oxygen atoms in total. The number of methoxy groups -OCH3 is 1. The zero-order chi connectivity index (χ0) is 48.4. The Bertz CT molecular complexity index is 3490. The number of sulfonamides is 3. The lowest BCUT2D eigenvalue weighted by molar-refractivity contribution is -0.136. The Balaban J connectivity index is 0.000000153. The second kappa shape index (κ2) is 18.4. The molecule has 67 heavy (non-hydrogen) atoms. The van der Waals surface area contributed by atoms with Gasteiger partial charge in [-0.25, -0.2) is 44.8 Å². The van der Waals surface area contributed by atoms with E-state index in [1.165, 1.54) is 60.9 Å². The minimum Gasteiger partial charge on any atom is -0.505 e. The molecule has 0 unspecified atom stereocenters. The van der Waals surface area contributed by atoms with E-state index in [-0.39, 0.29) is 79.0 Å². The van der Waals surface area contributed by atoms with Crippen LogP contribution in [0, 0.1) is 0 Å². The smallest absolute Gasteiger partial charge is 0.428 e. The summed E-state index contributed by atoms with van der Waals surface area (Å²) >= 11 is 0. The number of rotatable bonds is 6. The molecule has 1 amide bonds. The number of aliphatic hydroxyl groups excluding tert-OH is 2. The minimum absolute atomic E-state index is 0.00565. The van der Waals surface area contributed by atoms with Crippen molar-refractivity contribution < 1.29 is 54.2 Å². The number of pyridine rings is 2. The highest BCUT2D eigenvalue weighted by atomic mass is 32.2. The van der Waals surface area contributed by atoms with E-state index in [2.05, 4.69) is 20.0 Å². The summed E-state index contributed by atoms with van der Waals surface area (Å²) in [4.78, 5) is 57.2. The molecule has 3 aliphatic heterocycles. The first-order valence-corrected chi connectivity index (χ1v) is 24.0. The van der Waals surface area contributed by atoms with Gasteiger partial charge in [0.25, 0.3) is 41.5 Å². The predicted octanol–water partition coefficient (Wildman–Crippen LogP) is 3.73. The summed E-state index contributed by atoms with van der Waals surface area (Å²) in [6.45, 7) is 3.21. The number of benzene rings is 3. The molecule has 0 spiro atoms. The molecule has 3 aromatic carbocycles. The van der Waals surface area contributed by atoms with E-state index in [1.54, 1.807) is 74.5 Å². The van der Waals surface area contributed by atoms with Gasteiger partial charge < -0.3 is 24.7 Å². The Hall–Kier alpha value is -8.09. The number of aromatic nitrogens is 3. The molecule has 6 heterocycles. The molecule has 0 atom stereocenters. The fourth-order valence-corrected chi connectivity index (χ4v) is 11.7. The largest absolute Gasteiger partial charge is 0.505 e. The number of carbonyl (C=O) groups is 2. The maximum Gasteiger partial charge on any atom is 0.428 e. The van der Waals surface area contributed by atoms with Crippen LogP contribution < -0.4 is 25.7 Å². The van der Waals surface area contributed by atoms with Crippen LogP contribution in [-0.4, -0.2) is 86.4 Å². The maximum absolute atomic E-state index is 13.1. The molecule has 0 aliphatic carbocycles. The van der Waals surface area contributed by atoms with E-state index in [0.717, 1.165) is 20.3 Å². The van der Waals surface area contributed by atoms with Crippen LogP contribution in [0.2, 0.25) is 0 Å². The third kappa shape index (κ3) is 8.50. The number of likely N-dealkylation sites (N-methyl/N-ethyl adjacent to an activating group) is 1. The Kier molecular flexibility index (Phi) is 12.9. The lowest BCUT2D eigenvalue weighted by Gasteiger charge is -2.30. The Morgan fingerprint density at radius 2 is 1.21 bits per heavy atom. The first-order chi connectivity index (χ1) is 31.9. The van der Waals surface area contributed by atoms with E-state index in [1.807, 2.05) is 4.72 Å². The summed E-state index contributed by atoms with van der Waals surface area (Å²) in [5.41, 5.74) is -1.42. The Labute approximate surface area is 381 Å². The number of nitrogens with zero attached hydrogens (tertiary/aromatic N) is 5. The van der Waals surface area contributed by atoms with Gasteiger partial charge >= 0.3 is 11.7 Å². The van der Waals surface area contributed by atoms with Gasteiger partial charge in [-0.15, -0.1) is 0 Å². The molecular formula is C43H37N7O14S3. The third-order valence-electron chi connectivity index (χ3n) is 9.99. The molecule has 346 valence electrons. The van der Waals surface area contributed by atoms with Gasteiger partial charge in [-0.1, -0.05) is 48.5 Å². The van der Waals surface area contributed by atoms with Gasteiger partial charge in [0, 0.05) is 42.2 Å². The van der Waals surface area contributed by atoms with Crippen molar-refractivity contribution in [1.29, 1.82) is 0 Å². The van der Waals surface area contributed by atoms with Crippen molar-refractivity contribution in [3.63, 3.8) is 0 Å². The Morgan fingerprint density at radius 3 is 1.78 bits per heavy atom. The van der Waals surface area contributed by atoms with Crippen LogP contribution in [0.1, 0.15) is 25.0 Å². The van der Waals surface area contributed by atoms with E-state index in [0.29, 0.717) is 0 Å². The van der Waals surface area contributed by atoms with Crippen LogP contribution in [-0.2, 0) is 44.4 Å². The average Bonchev–Trinajstić information content (AvgIpc) is 3.32. The number of carbonyl (C=O) groups excluding carboxylic acids is 2. The second-order valence-corrected chi connectivity index (χ2v) is 19.2. The van der Waals surface area contributed by atoms with E-state index in [9.17, 15) is 54.6 Å². The van der Waals surface area contributed by atoms with Crippen LogP contribution in [0.4, 0.5) is 11.5 Å². The zero-order valence-electron chi connectivity index (χ0n) is 35.2. The van der Waals surface area contributed by atoms with Crippen molar-refractivity contribution in [2.45, 2.75) is 28.5 Å². The highest BCUT2D eigenvalue weighted by Gasteiger charge is 2.41. The van der Waals surface area contributed by atoms with Gasteiger partial charge in [-0.05, 0) is 74.5 Å². The molecule has 3 aliphatic rings. The summed E-state index contributed by atoms with van der Waals surface area (Å²) in [5.74, 6) is -3.18. The number of hydrogen-bond donors (Lipinski definition) is 4.